The van der Waals surface area contributed by atoms with Crippen LogP contribution in [0, 0.1) is 6.92 Å². The van der Waals surface area contributed by atoms with Crippen LogP contribution in [0.4, 0.5) is 5.69 Å². The standard InChI is InChI=1S/C35H37BrClN3O4S/c1-4-26(3)38-35(42)33(22-27-11-6-5-7-12-27)39(23-28-13-10-14-29(36)21-28)34(41)24-40(32-16-9-8-15-31(32)37)45(43,44)30-19-17-25(2)18-20-30/h5-21,26,33H,4,22-24H2,1-3H3,(H,38,42)/t26-,33-/m1/s1. The number of rotatable bonds is 13. The van der Waals surface area contributed by atoms with E-state index in [4.69, 9.17) is 11.6 Å². The van der Waals surface area contributed by atoms with Crippen molar-refractivity contribution in [3.8, 4) is 0 Å². The molecule has 0 aliphatic rings. The first kappa shape index (κ1) is 34.2. The van der Waals surface area contributed by atoms with Crippen LogP contribution in [0.5, 0.6) is 0 Å². The van der Waals surface area contributed by atoms with Gasteiger partial charge in [-0.15, -0.1) is 0 Å². The van der Waals surface area contributed by atoms with Gasteiger partial charge in [0.1, 0.15) is 12.6 Å². The third-order valence-corrected chi connectivity index (χ3v) is 10.1. The second-order valence-corrected chi connectivity index (χ2v) is 14.1. The Kier molecular flexibility index (Phi) is 11.8. The lowest BCUT2D eigenvalue weighted by Gasteiger charge is -2.34. The fourth-order valence-electron chi connectivity index (χ4n) is 4.83. The van der Waals surface area contributed by atoms with Gasteiger partial charge in [-0.3, -0.25) is 13.9 Å². The predicted molar refractivity (Wildman–Crippen MR) is 184 cm³/mol. The zero-order valence-corrected chi connectivity index (χ0v) is 28.6. The van der Waals surface area contributed by atoms with Crippen molar-refractivity contribution in [2.24, 2.45) is 0 Å². The molecular weight excluding hydrogens is 674 g/mol. The minimum absolute atomic E-state index is 0.0229. The normalized spacial score (nSPS) is 12.6. The summed E-state index contributed by atoms with van der Waals surface area (Å²) >= 11 is 10.0. The van der Waals surface area contributed by atoms with E-state index in [9.17, 15) is 18.0 Å². The summed E-state index contributed by atoms with van der Waals surface area (Å²) in [5.41, 5.74) is 2.70. The van der Waals surface area contributed by atoms with Crippen LogP contribution in [0.1, 0.15) is 37.0 Å². The molecule has 0 aromatic heterocycles. The molecule has 0 heterocycles. The molecule has 0 aliphatic carbocycles. The lowest BCUT2D eigenvalue weighted by atomic mass is 10.0. The van der Waals surface area contributed by atoms with Crippen molar-refractivity contribution in [1.29, 1.82) is 0 Å². The van der Waals surface area contributed by atoms with Crippen LogP contribution < -0.4 is 9.62 Å². The highest BCUT2D eigenvalue weighted by Crippen LogP contribution is 2.31. The van der Waals surface area contributed by atoms with E-state index in [2.05, 4.69) is 21.2 Å². The van der Waals surface area contributed by atoms with Crippen LogP contribution in [0.3, 0.4) is 0 Å². The Morgan fingerprint density at radius 2 is 1.53 bits per heavy atom. The van der Waals surface area contributed by atoms with Crippen LogP contribution in [0.25, 0.3) is 0 Å². The minimum Gasteiger partial charge on any atom is -0.352 e. The first-order chi connectivity index (χ1) is 21.5. The van der Waals surface area contributed by atoms with Crippen molar-refractivity contribution in [3.63, 3.8) is 0 Å². The van der Waals surface area contributed by atoms with Gasteiger partial charge >= 0.3 is 0 Å². The monoisotopic (exact) mass is 709 g/mol. The number of nitrogens with one attached hydrogen (secondary N) is 1. The summed E-state index contributed by atoms with van der Waals surface area (Å²) in [5.74, 6) is -0.868. The van der Waals surface area contributed by atoms with Gasteiger partial charge in [0.05, 0.1) is 15.6 Å². The summed E-state index contributed by atoms with van der Waals surface area (Å²) in [5, 5.41) is 3.22. The average Bonchev–Trinajstić information content (AvgIpc) is 3.02. The van der Waals surface area contributed by atoms with Crippen LogP contribution in [-0.2, 0) is 32.6 Å². The maximum atomic E-state index is 14.5. The fourth-order valence-corrected chi connectivity index (χ4v) is 7.00. The maximum absolute atomic E-state index is 14.5. The van der Waals surface area contributed by atoms with Gasteiger partial charge in [-0.25, -0.2) is 8.42 Å². The summed E-state index contributed by atoms with van der Waals surface area (Å²) in [6.45, 7) is 5.24. The molecule has 0 saturated carbocycles. The van der Waals surface area contributed by atoms with Crippen molar-refractivity contribution >= 4 is 55.1 Å². The molecule has 0 aliphatic heterocycles. The molecule has 0 saturated heterocycles. The number of nitrogens with zero attached hydrogens (tertiary/aromatic N) is 2. The van der Waals surface area contributed by atoms with Gasteiger partial charge in [0, 0.05) is 23.5 Å². The lowest BCUT2D eigenvalue weighted by molar-refractivity contribution is -0.140. The highest BCUT2D eigenvalue weighted by Gasteiger charge is 2.35. The van der Waals surface area contributed by atoms with Gasteiger partial charge in [-0.05, 0) is 67.8 Å². The third-order valence-electron chi connectivity index (χ3n) is 7.52. The Hall–Kier alpha value is -3.66. The van der Waals surface area contributed by atoms with Crippen molar-refractivity contribution in [3.05, 3.63) is 129 Å². The van der Waals surface area contributed by atoms with Crippen LogP contribution in [0.15, 0.2) is 112 Å². The molecule has 45 heavy (non-hydrogen) atoms. The number of carbonyl (C=O) groups is 2. The van der Waals surface area contributed by atoms with E-state index in [0.717, 1.165) is 25.5 Å². The molecule has 4 aromatic rings. The zero-order valence-electron chi connectivity index (χ0n) is 25.5. The highest BCUT2D eigenvalue weighted by atomic mass is 79.9. The van der Waals surface area contributed by atoms with Crippen molar-refractivity contribution in [2.75, 3.05) is 10.8 Å². The van der Waals surface area contributed by atoms with Gasteiger partial charge in [-0.1, -0.05) is 107 Å². The number of hydrogen-bond acceptors (Lipinski definition) is 4. The van der Waals surface area contributed by atoms with E-state index in [-0.39, 0.29) is 40.5 Å². The van der Waals surface area contributed by atoms with Crippen molar-refractivity contribution in [1.82, 2.24) is 10.2 Å². The second kappa shape index (κ2) is 15.6. The molecule has 10 heteroatoms. The molecule has 4 rings (SSSR count). The van der Waals surface area contributed by atoms with Crippen molar-refractivity contribution < 1.29 is 18.0 Å². The average molecular weight is 711 g/mol. The Labute approximate surface area is 279 Å². The SMILES string of the molecule is CC[C@@H](C)NC(=O)[C@@H](Cc1ccccc1)N(Cc1cccc(Br)c1)C(=O)CN(c1ccccc1Cl)S(=O)(=O)c1ccc(C)cc1. The summed E-state index contributed by atoms with van der Waals surface area (Å²) in [6, 6.07) is 28.8. The molecule has 2 atom stereocenters. The van der Waals surface area contributed by atoms with Crippen molar-refractivity contribution in [2.45, 2.75) is 57.1 Å². The molecule has 2 amide bonds. The molecule has 7 nitrogen and oxygen atoms in total. The molecule has 0 fully saturated rings. The first-order valence-corrected chi connectivity index (χ1v) is 17.3. The topological polar surface area (TPSA) is 86.8 Å². The Balaban J connectivity index is 1.82. The molecule has 236 valence electrons. The molecule has 4 aromatic carbocycles. The molecule has 0 radical (unpaired) electrons. The Bertz CT molecular complexity index is 1720. The third kappa shape index (κ3) is 8.96. The number of para-hydroxylation sites is 1. The molecule has 0 unspecified atom stereocenters. The molecule has 0 bridgehead atoms. The van der Waals surface area contributed by atoms with E-state index >= 15 is 0 Å². The van der Waals surface area contributed by atoms with Gasteiger partial charge in [0.2, 0.25) is 11.8 Å². The largest absolute Gasteiger partial charge is 0.352 e. The van der Waals surface area contributed by atoms with Gasteiger partial charge in [-0.2, -0.15) is 0 Å². The number of sulfonamides is 1. The Morgan fingerprint density at radius 1 is 0.889 bits per heavy atom. The van der Waals surface area contributed by atoms with E-state index in [1.54, 1.807) is 36.4 Å². The van der Waals surface area contributed by atoms with E-state index in [1.165, 1.54) is 17.0 Å². The number of anilines is 1. The fraction of sp³-hybridized carbons (Fsp3) is 0.257. The lowest BCUT2D eigenvalue weighted by Crippen LogP contribution is -2.54. The predicted octanol–water partition coefficient (Wildman–Crippen LogP) is 7.16. The van der Waals surface area contributed by atoms with Crippen LogP contribution in [-0.4, -0.2) is 43.8 Å². The molecular formula is C35H37BrClN3O4S. The van der Waals surface area contributed by atoms with Crippen LogP contribution >= 0.6 is 27.5 Å². The quantitative estimate of drug-likeness (QED) is 0.160. The smallest absolute Gasteiger partial charge is 0.264 e. The molecule has 1 N–H and O–H groups in total. The Morgan fingerprint density at radius 3 is 2.18 bits per heavy atom. The van der Waals surface area contributed by atoms with Gasteiger partial charge in [0.15, 0.2) is 0 Å². The van der Waals surface area contributed by atoms with E-state index in [0.29, 0.717) is 6.42 Å². The summed E-state index contributed by atoms with van der Waals surface area (Å²) in [4.78, 5) is 29.9. The number of carbonyl (C=O) groups excluding carboxylic acids is 2. The minimum atomic E-state index is -4.24. The van der Waals surface area contributed by atoms with Crippen LogP contribution in [0.2, 0.25) is 5.02 Å². The number of halogens is 2. The summed E-state index contributed by atoms with van der Waals surface area (Å²) < 4.78 is 30.1. The number of hydrogen-bond donors (Lipinski definition) is 1. The second-order valence-electron chi connectivity index (χ2n) is 11.0. The van der Waals surface area contributed by atoms with E-state index < -0.39 is 28.5 Å². The number of amides is 2. The highest BCUT2D eigenvalue weighted by molar-refractivity contribution is 9.10. The zero-order chi connectivity index (χ0) is 32.6. The number of aryl methyl sites for hydroxylation is 1. The maximum Gasteiger partial charge on any atom is 0.264 e. The van der Waals surface area contributed by atoms with Gasteiger partial charge < -0.3 is 10.2 Å². The summed E-state index contributed by atoms with van der Waals surface area (Å²) in [6.07, 6.45) is 0.943. The van der Waals surface area contributed by atoms with E-state index in [1.807, 2.05) is 75.4 Å². The number of benzene rings is 4. The summed E-state index contributed by atoms with van der Waals surface area (Å²) in [7, 11) is -4.24. The van der Waals surface area contributed by atoms with Gasteiger partial charge in [0.25, 0.3) is 10.0 Å². The molecule has 0 spiro atoms. The first-order valence-electron chi connectivity index (χ1n) is 14.7.